The number of nitrogens with zero attached hydrogens (tertiary/aromatic N) is 2. The summed E-state index contributed by atoms with van der Waals surface area (Å²) in [6.45, 7) is 14.2. The molecule has 2 aliphatic heterocycles. The Morgan fingerprint density at radius 3 is 1.79 bits per heavy atom. The van der Waals surface area contributed by atoms with Gasteiger partial charge in [-0.25, -0.2) is 0 Å². The summed E-state index contributed by atoms with van der Waals surface area (Å²) in [6, 6.07) is 59.4. The van der Waals surface area contributed by atoms with E-state index >= 15 is 0 Å². The number of fused-ring (bicyclic) bond motifs is 8. The minimum atomic E-state index is -1.96. The zero-order chi connectivity index (χ0) is 41.4. The molecular weight excluding hydrogens is 797 g/mol. The van der Waals surface area contributed by atoms with Gasteiger partial charge in [0.15, 0.2) is 0 Å². The minimum Gasteiger partial charge on any atom is -0.456 e. The molecule has 2 aliphatic rings. The van der Waals surface area contributed by atoms with Crippen molar-refractivity contribution in [2.75, 3.05) is 9.80 Å². The molecule has 5 heterocycles. The van der Waals surface area contributed by atoms with Crippen LogP contribution >= 0.6 is 22.7 Å². The molecule has 3 nitrogen and oxygen atoms in total. The van der Waals surface area contributed by atoms with Crippen LogP contribution in [0, 0.1) is 13.8 Å². The van der Waals surface area contributed by atoms with Crippen molar-refractivity contribution in [1.29, 1.82) is 0 Å². The Morgan fingerprint density at radius 1 is 0.475 bits per heavy atom. The minimum absolute atomic E-state index is 0.251. The van der Waals surface area contributed by atoms with E-state index < -0.39 is 8.07 Å². The number of hydrogen-bond acceptors (Lipinski definition) is 5. The smallest absolute Gasteiger partial charge is 0.137 e. The van der Waals surface area contributed by atoms with Crippen molar-refractivity contribution in [1.82, 2.24) is 0 Å². The first-order valence-electron chi connectivity index (χ1n) is 21.2. The van der Waals surface area contributed by atoms with Gasteiger partial charge in [0.05, 0.1) is 17.1 Å². The van der Waals surface area contributed by atoms with Gasteiger partial charge in [-0.15, -0.1) is 22.7 Å². The van der Waals surface area contributed by atoms with Gasteiger partial charge in [-0.2, -0.15) is 0 Å². The fourth-order valence-electron chi connectivity index (χ4n) is 10.4. The molecule has 7 aromatic carbocycles. The average molecular weight is 841 g/mol. The molecule has 12 rings (SSSR count). The highest BCUT2D eigenvalue weighted by Crippen LogP contribution is 2.56. The predicted molar refractivity (Wildman–Crippen MR) is 266 cm³/mol. The molecule has 0 saturated carbocycles. The van der Waals surface area contributed by atoms with Crippen LogP contribution in [0.2, 0.25) is 13.1 Å². The summed E-state index contributed by atoms with van der Waals surface area (Å²) >= 11 is 3.74. The van der Waals surface area contributed by atoms with Gasteiger partial charge in [-0.3, -0.25) is 0 Å². The second-order valence-electron chi connectivity index (χ2n) is 17.8. The topological polar surface area (TPSA) is 19.6 Å². The molecular formula is C55H44N2OS2Si. The van der Waals surface area contributed by atoms with Crippen LogP contribution in [0.1, 0.15) is 34.7 Å². The number of benzene rings is 7. The summed E-state index contributed by atoms with van der Waals surface area (Å²) in [6.07, 6.45) is 0. The van der Waals surface area contributed by atoms with E-state index in [0.29, 0.717) is 0 Å². The van der Waals surface area contributed by atoms with Crippen molar-refractivity contribution in [2.24, 2.45) is 0 Å². The van der Waals surface area contributed by atoms with E-state index in [1.807, 2.05) is 22.7 Å². The Kier molecular flexibility index (Phi) is 7.91. The molecule has 296 valence electrons. The highest BCUT2D eigenvalue weighted by atomic mass is 32.1. The lowest BCUT2D eigenvalue weighted by molar-refractivity contribution is 0.631. The molecule has 0 fully saturated rings. The van der Waals surface area contributed by atoms with Gasteiger partial charge in [-0.1, -0.05) is 99.7 Å². The first kappa shape index (κ1) is 36.7. The Hall–Kier alpha value is -6.18. The summed E-state index contributed by atoms with van der Waals surface area (Å²) in [5.41, 5.74) is 13.9. The van der Waals surface area contributed by atoms with Crippen LogP contribution < -0.4 is 20.2 Å². The van der Waals surface area contributed by atoms with Crippen LogP contribution in [0.15, 0.2) is 162 Å². The van der Waals surface area contributed by atoms with Crippen LogP contribution in [-0.2, 0) is 5.41 Å². The van der Waals surface area contributed by atoms with Crippen LogP contribution in [0.25, 0.3) is 53.6 Å². The highest BCUT2D eigenvalue weighted by Gasteiger charge is 2.40. The van der Waals surface area contributed by atoms with Gasteiger partial charge in [0, 0.05) is 70.0 Å². The summed E-state index contributed by atoms with van der Waals surface area (Å²) in [5, 5.41) is 7.70. The van der Waals surface area contributed by atoms with Crippen molar-refractivity contribution >= 4 is 108 Å². The lowest BCUT2D eigenvalue weighted by atomic mass is 9.73. The second kappa shape index (κ2) is 13.2. The zero-order valence-corrected chi connectivity index (χ0v) is 37.8. The van der Waals surface area contributed by atoms with Crippen molar-refractivity contribution in [2.45, 2.75) is 46.2 Å². The molecule has 0 N–H and O–H groups in total. The average Bonchev–Trinajstić information content (AvgIpc) is 4.01. The molecule has 0 saturated heterocycles. The Morgan fingerprint density at radius 2 is 1.10 bits per heavy atom. The van der Waals surface area contributed by atoms with E-state index in [2.05, 4.69) is 208 Å². The number of thiophene rings is 2. The number of hydrogen-bond donors (Lipinski definition) is 0. The molecule has 0 spiro atoms. The predicted octanol–water partition coefficient (Wildman–Crippen LogP) is 15.5. The number of aryl methyl sites for hydroxylation is 2. The molecule has 61 heavy (non-hydrogen) atoms. The lowest BCUT2D eigenvalue weighted by Gasteiger charge is -2.42. The fourth-order valence-corrected chi connectivity index (χ4v) is 15.2. The van der Waals surface area contributed by atoms with Gasteiger partial charge in [0.1, 0.15) is 19.2 Å². The van der Waals surface area contributed by atoms with Gasteiger partial charge < -0.3 is 14.2 Å². The fraction of sp³-hybridized carbons (Fsp3) is 0.127. The standard InChI is InChI=1S/C55H44N2OS2Si/c1-33-23-25-51(59-33)40-29-36(56-45-18-10-13-21-53(45)61(5,6)54-22-14-11-19-46(54)56)27-35-28-41(52-26-24-34(2)60-52)47(31-38(35)40)57-44-17-9-8-16-42(44)55(3,4)43-30-39-37-15-7-12-20-49(37)58-50(39)32-48(43)57/h7-32H,1-6H3. The highest BCUT2D eigenvalue weighted by molar-refractivity contribution is 7.15. The van der Waals surface area contributed by atoms with E-state index in [0.717, 1.165) is 33.3 Å². The Balaban J connectivity index is 1.18. The van der Waals surface area contributed by atoms with Crippen molar-refractivity contribution in [3.63, 3.8) is 0 Å². The summed E-state index contributed by atoms with van der Waals surface area (Å²) < 4.78 is 6.63. The Bertz CT molecular complexity index is 3390. The van der Waals surface area contributed by atoms with Crippen molar-refractivity contribution in [3.8, 4) is 20.9 Å². The van der Waals surface area contributed by atoms with E-state index in [1.54, 1.807) is 0 Å². The first-order chi connectivity index (χ1) is 29.6. The zero-order valence-electron chi connectivity index (χ0n) is 35.1. The molecule has 0 bridgehead atoms. The third kappa shape index (κ3) is 5.38. The quantitative estimate of drug-likeness (QED) is 0.165. The van der Waals surface area contributed by atoms with E-state index in [9.17, 15) is 0 Å². The second-order valence-corrected chi connectivity index (χ2v) is 24.7. The maximum Gasteiger partial charge on any atom is 0.137 e. The molecule has 10 aromatic rings. The van der Waals surface area contributed by atoms with Gasteiger partial charge in [0.25, 0.3) is 0 Å². The van der Waals surface area contributed by atoms with Gasteiger partial charge in [-0.05, 0) is 125 Å². The number of furan rings is 1. The van der Waals surface area contributed by atoms with Crippen LogP contribution in [0.3, 0.4) is 0 Å². The molecule has 0 radical (unpaired) electrons. The van der Waals surface area contributed by atoms with Crippen LogP contribution in [0.5, 0.6) is 0 Å². The van der Waals surface area contributed by atoms with Crippen LogP contribution in [-0.4, -0.2) is 8.07 Å². The lowest BCUT2D eigenvalue weighted by Crippen LogP contribution is -2.58. The molecule has 6 heteroatoms. The molecule has 0 unspecified atom stereocenters. The van der Waals surface area contributed by atoms with Crippen molar-refractivity contribution in [3.05, 3.63) is 179 Å². The number of para-hydroxylation sites is 4. The van der Waals surface area contributed by atoms with E-state index in [1.165, 1.54) is 85.7 Å². The molecule has 3 aromatic heterocycles. The van der Waals surface area contributed by atoms with Gasteiger partial charge >= 0.3 is 0 Å². The molecule has 0 amide bonds. The molecule has 0 atom stereocenters. The van der Waals surface area contributed by atoms with Gasteiger partial charge in [0.2, 0.25) is 0 Å². The monoisotopic (exact) mass is 840 g/mol. The third-order valence-corrected chi connectivity index (χ3v) is 19.0. The normalized spacial score (nSPS) is 14.9. The maximum absolute atomic E-state index is 6.63. The SMILES string of the molecule is Cc1ccc(-c2cc3cc(N4c5ccccc5[Si](C)(C)c5ccccc54)cc(-c4ccc(C)s4)c3cc2N2c3ccccc3C(C)(C)c3cc4c(cc32)oc2ccccc24)s1. The first-order valence-corrected chi connectivity index (χ1v) is 25.8. The number of anilines is 6. The molecule has 0 aliphatic carbocycles. The summed E-state index contributed by atoms with van der Waals surface area (Å²) in [7, 11) is -1.96. The largest absolute Gasteiger partial charge is 0.456 e. The summed E-state index contributed by atoms with van der Waals surface area (Å²) in [4.78, 5) is 10.2. The van der Waals surface area contributed by atoms with E-state index in [4.69, 9.17) is 4.42 Å². The third-order valence-electron chi connectivity index (χ3n) is 13.4. The van der Waals surface area contributed by atoms with E-state index in [-0.39, 0.29) is 5.41 Å². The Labute approximate surface area is 365 Å². The van der Waals surface area contributed by atoms with Crippen molar-refractivity contribution < 1.29 is 4.42 Å². The summed E-state index contributed by atoms with van der Waals surface area (Å²) in [5.74, 6) is 0. The maximum atomic E-state index is 6.63. The number of rotatable bonds is 4. The van der Waals surface area contributed by atoms with Crippen LogP contribution in [0.4, 0.5) is 34.1 Å².